The zero-order valence-corrected chi connectivity index (χ0v) is 25.2. The van der Waals surface area contributed by atoms with Crippen LogP contribution in [0.4, 0.5) is 4.79 Å². The van der Waals surface area contributed by atoms with Crippen molar-refractivity contribution in [3.8, 4) is 11.6 Å². The number of nitrogens with two attached hydrogens (primary N) is 1. The molecule has 8 rings (SSSR count). The molecule has 4 aliphatic rings. The minimum Gasteiger partial charge on any atom is -0.437 e. The van der Waals surface area contributed by atoms with Crippen molar-refractivity contribution < 1.29 is 19.1 Å². The highest BCUT2D eigenvalue weighted by molar-refractivity contribution is 6.31. The second-order valence-electron chi connectivity index (χ2n) is 12.7. The van der Waals surface area contributed by atoms with Gasteiger partial charge in [-0.3, -0.25) is 14.2 Å². The van der Waals surface area contributed by atoms with E-state index in [2.05, 4.69) is 5.32 Å². The lowest BCUT2D eigenvalue weighted by atomic mass is 9.51. The van der Waals surface area contributed by atoms with Gasteiger partial charge in [-0.05, 0) is 97.9 Å². The molecular formula is C35H34ClN3O5. The van der Waals surface area contributed by atoms with Gasteiger partial charge in [0.25, 0.3) is 5.91 Å². The molecule has 1 amide bonds. The Morgan fingerprint density at radius 3 is 2.36 bits per heavy atom. The first-order valence-corrected chi connectivity index (χ1v) is 15.5. The molecule has 3 aromatic carbocycles. The topological polar surface area (TPSA) is 113 Å². The first-order valence-electron chi connectivity index (χ1n) is 15.1. The summed E-state index contributed by atoms with van der Waals surface area (Å²) in [6.45, 7) is 0. The maximum atomic E-state index is 13.9. The number of rotatable bonds is 6. The van der Waals surface area contributed by atoms with E-state index in [0.29, 0.717) is 44.9 Å². The van der Waals surface area contributed by atoms with Crippen LogP contribution >= 0.6 is 11.6 Å². The van der Waals surface area contributed by atoms with E-state index >= 15 is 0 Å². The van der Waals surface area contributed by atoms with Gasteiger partial charge in [0, 0.05) is 39.7 Å². The molecule has 4 fully saturated rings. The summed E-state index contributed by atoms with van der Waals surface area (Å²) in [7, 11) is 1.21. The van der Waals surface area contributed by atoms with Crippen molar-refractivity contribution in [3.05, 3.63) is 105 Å². The standard InChI is InChI=1S/C35H34ClN3O5/c1-43-34(42)44-33-28(31(40)27-12-11-25(36)16-29(27)39(33)26-5-3-2-4-6-26)15-20-7-9-22(10-8-20)32(41)38-30-23-13-21-14-24(30)19-35(37,17-21)18-23/h2-12,16,21,23-24,30H,13-15,17-19,37H2,1H3,(H,38,41)/t21-,23-,24+,30-,35+. The maximum absolute atomic E-state index is 13.9. The third-order valence-electron chi connectivity index (χ3n) is 9.76. The number of carbonyl (C=O) groups excluding carboxylic acids is 2. The Bertz CT molecular complexity index is 1800. The molecule has 0 aliphatic heterocycles. The van der Waals surface area contributed by atoms with E-state index in [1.807, 2.05) is 42.5 Å². The number of aromatic nitrogens is 1. The van der Waals surface area contributed by atoms with Crippen molar-refractivity contribution in [1.29, 1.82) is 0 Å². The lowest BCUT2D eigenvalue weighted by molar-refractivity contribution is -0.0278. The van der Waals surface area contributed by atoms with Crippen LogP contribution in [0.5, 0.6) is 5.88 Å². The van der Waals surface area contributed by atoms with Gasteiger partial charge in [-0.25, -0.2) is 4.79 Å². The molecule has 4 saturated carbocycles. The number of nitrogens with one attached hydrogen (secondary N) is 1. The summed E-state index contributed by atoms with van der Waals surface area (Å²) in [4.78, 5) is 39.7. The Hall–Kier alpha value is -4.14. The van der Waals surface area contributed by atoms with Gasteiger partial charge in [-0.15, -0.1) is 0 Å². The summed E-state index contributed by atoms with van der Waals surface area (Å²) in [5.41, 5.74) is 9.11. The van der Waals surface area contributed by atoms with E-state index in [1.54, 1.807) is 34.9 Å². The van der Waals surface area contributed by atoms with Crippen LogP contribution in [-0.2, 0) is 11.2 Å². The highest BCUT2D eigenvalue weighted by Crippen LogP contribution is 2.54. The summed E-state index contributed by atoms with van der Waals surface area (Å²) >= 11 is 6.34. The molecule has 0 radical (unpaired) electrons. The van der Waals surface area contributed by atoms with E-state index in [9.17, 15) is 14.4 Å². The number of amides is 1. The molecular weight excluding hydrogens is 578 g/mol. The Kier molecular flexibility index (Phi) is 7.22. The number of ether oxygens (including phenoxy) is 2. The highest BCUT2D eigenvalue weighted by Gasteiger charge is 2.54. The zero-order chi connectivity index (χ0) is 30.6. The molecule has 0 spiro atoms. The van der Waals surface area contributed by atoms with Gasteiger partial charge in [0.1, 0.15) is 0 Å². The van der Waals surface area contributed by atoms with Gasteiger partial charge in [0.15, 0.2) is 5.43 Å². The fourth-order valence-corrected chi connectivity index (χ4v) is 8.30. The first kappa shape index (κ1) is 28.6. The number of para-hydroxylation sites is 1. The monoisotopic (exact) mass is 611 g/mol. The molecule has 5 atom stereocenters. The van der Waals surface area contributed by atoms with Crippen LogP contribution in [-0.4, -0.2) is 35.3 Å². The van der Waals surface area contributed by atoms with Crippen molar-refractivity contribution in [1.82, 2.24) is 9.88 Å². The first-order chi connectivity index (χ1) is 21.2. The molecule has 226 valence electrons. The SMILES string of the molecule is COC(=O)Oc1c(Cc2ccc(C(=O)N[C@@H]3[C@@H]4C[C@@H]5C[C@H]3C[C@](N)(C5)C4)cc2)c(=O)c2ccc(Cl)cc2n1-c1ccccc1. The van der Waals surface area contributed by atoms with Crippen LogP contribution in [0.1, 0.15) is 53.6 Å². The zero-order valence-electron chi connectivity index (χ0n) is 24.4. The van der Waals surface area contributed by atoms with Crippen LogP contribution in [0.15, 0.2) is 77.6 Å². The van der Waals surface area contributed by atoms with Crippen LogP contribution in [0, 0.1) is 17.8 Å². The van der Waals surface area contributed by atoms with Crippen molar-refractivity contribution in [2.75, 3.05) is 7.11 Å². The molecule has 4 bridgehead atoms. The second kappa shape index (κ2) is 11.1. The van der Waals surface area contributed by atoms with Crippen molar-refractivity contribution >= 4 is 34.6 Å². The van der Waals surface area contributed by atoms with Crippen molar-refractivity contribution in [2.24, 2.45) is 23.5 Å². The second-order valence-corrected chi connectivity index (χ2v) is 13.1. The maximum Gasteiger partial charge on any atom is 0.514 e. The number of halogens is 1. The predicted octanol–water partition coefficient (Wildman–Crippen LogP) is 6.02. The van der Waals surface area contributed by atoms with Gasteiger partial charge < -0.3 is 20.5 Å². The van der Waals surface area contributed by atoms with Gasteiger partial charge in [0.05, 0.1) is 18.2 Å². The number of methoxy groups -OCH3 is 1. The molecule has 4 aromatic rings. The number of benzene rings is 3. The summed E-state index contributed by atoms with van der Waals surface area (Å²) in [6, 6.07) is 21.7. The number of pyridine rings is 1. The predicted molar refractivity (Wildman–Crippen MR) is 169 cm³/mol. The van der Waals surface area contributed by atoms with Crippen molar-refractivity contribution in [3.63, 3.8) is 0 Å². The Balaban J connectivity index is 1.21. The summed E-state index contributed by atoms with van der Waals surface area (Å²) in [5, 5.41) is 4.19. The Morgan fingerprint density at radius 1 is 1.00 bits per heavy atom. The largest absolute Gasteiger partial charge is 0.514 e. The highest BCUT2D eigenvalue weighted by atomic mass is 35.5. The number of fused-ring (bicyclic) bond motifs is 1. The molecule has 0 unspecified atom stereocenters. The normalized spacial score (nSPS) is 25.2. The Morgan fingerprint density at radius 2 is 1.70 bits per heavy atom. The molecule has 3 N–H and O–H groups in total. The summed E-state index contributed by atoms with van der Waals surface area (Å²) in [6.07, 6.45) is 4.59. The average molecular weight is 612 g/mol. The van der Waals surface area contributed by atoms with Gasteiger partial charge in [-0.2, -0.15) is 0 Å². The molecule has 1 heterocycles. The fourth-order valence-electron chi connectivity index (χ4n) is 8.14. The van der Waals surface area contributed by atoms with E-state index < -0.39 is 6.16 Å². The third-order valence-corrected chi connectivity index (χ3v) is 9.99. The van der Waals surface area contributed by atoms with E-state index in [4.69, 9.17) is 26.8 Å². The summed E-state index contributed by atoms with van der Waals surface area (Å²) in [5.74, 6) is 1.53. The van der Waals surface area contributed by atoms with Crippen LogP contribution < -0.4 is 21.2 Å². The van der Waals surface area contributed by atoms with Gasteiger partial charge in [0.2, 0.25) is 5.88 Å². The molecule has 0 saturated heterocycles. The van der Waals surface area contributed by atoms with Crippen LogP contribution in [0.2, 0.25) is 5.02 Å². The third kappa shape index (κ3) is 5.16. The van der Waals surface area contributed by atoms with Crippen LogP contribution in [0.25, 0.3) is 16.6 Å². The molecule has 44 heavy (non-hydrogen) atoms. The quantitative estimate of drug-likeness (QED) is 0.258. The van der Waals surface area contributed by atoms with E-state index in [1.165, 1.54) is 7.11 Å². The molecule has 1 aromatic heterocycles. The van der Waals surface area contributed by atoms with Crippen LogP contribution in [0.3, 0.4) is 0 Å². The van der Waals surface area contributed by atoms with E-state index in [0.717, 1.165) is 37.7 Å². The lowest BCUT2D eigenvalue weighted by Crippen LogP contribution is -2.64. The number of hydrogen-bond donors (Lipinski definition) is 2. The minimum absolute atomic E-state index is 0.0456. The van der Waals surface area contributed by atoms with Crippen molar-refractivity contribution in [2.45, 2.75) is 50.1 Å². The smallest absolute Gasteiger partial charge is 0.437 e. The molecule has 4 aliphatic carbocycles. The summed E-state index contributed by atoms with van der Waals surface area (Å²) < 4.78 is 12.2. The number of nitrogens with zero attached hydrogens (tertiary/aromatic N) is 1. The van der Waals surface area contributed by atoms with Gasteiger partial charge >= 0.3 is 6.16 Å². The number of carbonyl (C=O) groups is 2. The molecule has 9 heteroatoms. The van der Waals surface area contributed by atoms with Gasteiger partial charge in [-0.1, -0.05) is 41.9 Å². The minimum atomic E-state index is -0.950. The Labute approximate surface area is 260 Å². The van der Waals surface area contributed by atoms with E-state index in [-0.39, 0.29) is 40.8 Å². The average Bonchev–Trinajstić information content (AvgIpc) is 3.00. The fraction of sp³-hybridized carbons (Fsp3) is 0.343. The number of hydrogen-bond acceptors (Lipinski definition) is 6. The lowest BCUT2D eigenvalue weighted by Gasteiger charge is -2.58. The molecule has 8 nitrogen and oxygen atoms in total.